The van der Waals surface area contributed by atoms with Crippen LogP contribution in [-0.4, -0.2) is 11.3 Å². The molecule has 0 aliphatic carbocycles. The number of carbonyl (C=O) groups is 1. The topological polar surface area (TPSA) is 56.2 Å². The number of furan rings is 1. The average Bonchev–Trinajstić information content (AvgIpc) is 2.58. The number of nitrogens with two attached hydrogens (primary N) is 1. The lowest BCUT2D eigenvalue weighted by molar-refractivity contribution is 0.0961. The predicted molar refractivity (Wildman–Crippen MR) is 63.4 cm³/mol. The second-order valence-corrected chi connectivity index (χ2v) is 4.73. The first kappa shape index (κ1) is 10.9. The normalized spacial score (nSPS) is 11.9. The molecule has 1 heterocycles. The van der Waals surface area contributed by atoms with Gasteiger partial charge >= 0.3 is 0 Å². The third-order valence-electron chi connectivity index (χ3n) is 2.40. The summed E-state index contributed by atoms with van der Waals surface area (Å²) in [6.45, 7) is 3.68. The monoisotopic (exact) mass is 217 g/mol. The zero-order valence-electron chi connectivity index (χ0n) is 9.49. The van der Waals surface area contributed by atoms with Crippen LogP contribution in [0.2, 0.25) is 0 Å². The zero-order valence-corrected chi connectivity index (χ0v) is 9.49. The second-order valence-electron chi connectivity index (χ2n) is 4.73. The maximum absolute atomic E-state index is 12.0. The van der Waals surface area contributed by atoms with Crippen LogP contribution in [0.5, 0.6) is 0 Å². The third kappa shape index (κ3) is 2.14. The molecule has 2 N–H and O–H groups in total. The van der Waals surface area contributed by atoms with Crippen LogP contribution in [0, 0.1) is 0 Å². The Morgan fingerprint density at radius 3 is 2.75 bits per heavy atom. The molecule has 0 unspecified atom stereocenters. The van der Waals surface area contributed by atoms with Crippen molar-refractivity contribution < 1.29 is 9.21 Å². The zero-order chi connectivity index (χ0) is 11.8. The maximum atomic E-state index is 12.0. The van der Waals surface area contributed by atoms with Crippen molar-refractivity contribution in [1.29, 1.82) is 0 Å². The van der Waals surface area contributed by atoms with Crippen LogP contribution >= 0.6 is 0 Å². The number of rotatable bonds is 3. The number of para-hydroxylation sites is 1. The van der Waals surface area contributed by atoms with Crippen LogP contribution in [0.15, 0.2) is 34.9 Å². The van der Waals surface area contributed by atoms with E-state index in [1.54, 1.807) is 0 Å². The van der Waals surface area contributed by atoms with Gasteiger partial charge in [0.1, 0.15) is 11.8 Å². The molecule has 2 aromatic rings. The smallest absolute Gasteiger partial charge is 0.168 e. The molecule has 3 nitrogen and oxygen atoms in total. The van der Waals surface area contributed by atoms with Gasteiger partial charge in [-0.25, -0.2) is 0 Å². The molecule has 0 aliphatic rings. The highest BCUT2D eigenvalue weighted by Crippen LogP contribution is 2.23. The van der Waals surface area contributed by atoms with Crippen molar-refractivity contribution in [2.45, 2.75) is 25.8 Å². The van der Waals surface area contributed by atoms with E-state index in [0.717, 1.165) is 11.0 Å². The van der Waals surface area contributed by atoms with Gasteiger partial charge in [-0.3, -0.25) is 4.79 Å². The summed E-state index contributed by atoms with van der Waals surface area (Å²) >= 11 is 0. The Labute approximate surface area is 94.2 Å². The van der Waals surface area contributed by atoms with Crippen molar-refractivity contribution in [1.82, 2.24) is 0 Å². The van der Waals surface area contributed by atoms with Crippen molar-refractivity contribution in [3.05, 3.63) is 36.1 Å². The highest BCUT2D eigenvalue weighted by Gasteiger charge is 2.20. The van der Waals surface area contributed by atoms with Gasteiger partial charge < -0.3 is 10.2 Å². The standard InChI is InChI=1S/C13H15NO2/c1-13(2,14)7-11(15)10-8-16-12-6-4-3-5-9(10)12/h3-6,8H,7,14H2,1-2H3. The molecule has 0 aliphatic heterocycles. The molecule has 3 heteroatoms. The van der Waals surface area contributed by atoms with E-state index in [1.165, 1.54) is 6.26 Å². The second kappa shape index (κ2) is 3.76. The highest BCUT2D eigenvalue weighted by atomic mass is 16.3. The number of Topliss-reactive ketones (excluding diaryl/α,β-unsaturated/α-hetero) is 1. The molecule has 0 atom stereocenters. The summed E-state index contributed by atoms with van der Waals surface area (Å²) in [5, 5.41) is 0.858. The minimum atomic E-state index is -0.491. The van der Waals surface area contributed by atoms with Crippen molar-refractivity contribution in [2.24, 2.45) is 5.73 Å². The molecule has 0 saturated heterocycles. The molecule has 2 rings (SSSR count). The van der Waals surface area contributed by atoms with E-state index in [4.69, 9.17) is 10.2 Å². The summed E-state index contributed by atoms with van der Waals surface area (Å²) in [7, 11) is 0. The molecule has 84 valence electrons. The summed E-state index contributed by atoms with van der Waals surface area (Å²) in [5.74, 6) is 0.0254. The fourth-order valence-corrected chi connectivity index (χ4v) is 1.70. The average molecular weight is 217 g/mol. The third-order valence-corrected chi connectivity index (χ3v) is 2.40. The minimum Gasteiger partial charge on any atom is -0.464 e. The minimum absolute atomic E-state index is 0.0254. The molecular formula is C13H15NO2. The van der Waals surface area contributed by atoms with Gasteiger partial charge in [0.05, 0.1) is 5.56 Å². The molecular weight excluding hydrogens is 202 g/mol. The first-order valence-electron chi connectivity index (χ1n) is 5.26. The van der Waals surface area contributed by atoms with Gasteiger partial charge in [0.2, 0.25) is 0 Å². The predicted octanol–water partition coefficient (Wildman–Crippen LogP) is 2.74. The Bertz CT molecular complexity index is 520. The van der Waals surface area contributed by atoms with Gasteiger partial charge in [0.25, 0.3) is 0 Å². The molecule has 16 heavy (non-hydrogen) atoms. The lowest BCUT2D eigenvalue weighted by atomic mass is 9.95. The Balaban J connectivity index is 2.37. The first-order valence-corrected chi connectivity index (χ1v) is 5.26. The van der Waals surface area contributed by atoms with Crippen molar-refractivity contribution in [2.75, 3.05) is 0 Å². The quantitative estimate of drug-likeness (QED) is 0.804. The van der Waals surface area contributed by atoms with Crippen molar-refractivity contribution in [3.63, 3.8) is 0 Å². The molecule has 1 aromatic carbocycles. The molecule has 0 amide bonds. The number of benzene rings is 1. The largest absolute Gasteiger partial charge is 0.464 e. The van der Waals surface area contributed by atoms with Crippen molar-refractivity contribution >= 4 is 16.8 Å². The highest BCUT2D eigenvalue weighted by molar-refractivity contribution is 6.07. The first-order chi connectivity index (χ1) is 7.47. The van der Waals surface area contributed by atoms with E-state index < -0.39 is 5.54 Å². The van der Waals surface area contributed by atoms with E-state index in [-0.39, 0.29) is 5.78 Å². The van der Waals surface area contributed by atoms with E-state index in [9.17, 15) is 4.79 Å². The Hall–Kier alpha value is -1.61. The number of carbonyl (C=O) groups excluding carboxylic acids is 1. The van der Waals surface area contributed by atoms with Crippen LogP contribution < -0.4 is 5.73 Å². The van der Waals surface area contributed by atoms with Crippen LogP contribution in [-0.2, 0) is 0 Å². The maximum Gasteiger partial charge on any atom is 0.168 e. The summed E-state index contributed by atoms with van der Waals surface area (Å²) in [6.07, 6.45) is 1.83. The van der Waals surface area contributed by atoms with E-state index in [0.29, 0.717) is 12.0 Å². The van der Waals surface area contributed by atoms with Gasteiger partial charge in [0.15, 0.2) is 5.78 Å². The number of hydrogen-bond donors (Lipinski definition) is 1. The van der Waals surface area contributed by atoms with Gasteiger partial charge in [-0.05, 0) is 19.9 Å². The van der Waals surface area contributed by atoms with Crippen LogP contribution in [0.1, 0.15) is 30.6 Å². The van der Waals surface area contributed by atoms with Gasteiger partial charge in [-0.15, -0.1) is 0 Å². The summed E-state index contributed by atoms with van der Waals surface area (Å²) in [6, 6.07) is 7.50. The Kier molecular flexibility index (Phi) is 2.56. The molecule has 0 spiro atoms. The number of fused-ring (bicyclic) bond motifs is 1. The van der Waals surface area contributed by atoms with E-state index in [1.807, 2.05) is 38.1 Å². The van der Waals surface area contributed by atoms with Crippen molar-refractivity contribution in [3.8, 4) is 0 Å². The van der Waals surface area contributed by atoms with E-state index in [2.05, 4.69) is 0 Å². The van der Waals surface area contributed by atoms with Gasteiger partial charge in [-0.1, -0.05) is 18.2 Å². The number of hydrogen-bond acceptors (Lipinski definition) is 3. The summed E-state index contributed by atoms with van der Waals surface area (Å²) < 4.78 is 5.32. The van der Waals surface area contributed by atoms with Crippen LogP contribution in [0.25, 0.3) is 11.0 Å². The van der Waals surface area contributed by atoms with Gasteiger partial charge in [-0.2, -0.15) is 0 Å². The summed E-state index contributed by atoms with van der Waals surface area (Å²) in [4.78, 5) is 12.0. The Morgan fingerprint density at radius 2 is 2.06 bits per heavy atom. The molecule has 1 aromatic heterocycles. The lowest BCUT2D eigenvalue weighted by Gasteiger charge is -2.16. The molecule has 0 saturated carbocycles. The Morgan fingerprint density at radius 1 is 1.38 bits per heavy atom. The summed E-state index contributed by atoms with van der Waals surface area (Å²) in [5.41, 5.74) is 6.70. The number of ketones is 1. The fourth-order valence-electron chi connectivity index (χ4n) is 1.70. The van der Waals surface area contributed by atoms with Gasteiger partial charge in [0, 0.05) is 17.3 Å². The van der Waals surface area contributed by atoms with Crippen LogP contribution in [0.3, 0.4) is 0 Å². The van der Waals surface area contributed by atoms with Crippen LogP contribution in [0.4, 0.5) is 0 Å². The molecule has 0 bridgehead atoms. The lowest BCUT2D eigenvalue weighted by Crippen LogP contribution is -2.34. The molecule has 0 radical (unpaired) electrons. The fraction of sp³-hybridized carbons (Fsp3) is 0.308. The molecule has 0 fully saturated rings. The SMILES string of the molecule is CC(C)(N)CC(=O)c1coc2ccccc12. The van der Waals surface area contributed by atoms with E-state index >= 15 is 0 Å².